The Hall–Kier alpha value is -1.03. The topological polar surface area (TPSA) is 137 Å². The summed E-state index contributed by atoms with van der Waals surface area (Å²) in [6, 6.07) is 0. The quantitative estimate of drug-likeness (QED) is 0.301. The fraction of sp³-hybridized carbons (Fsp3) is 0.885. The van der Waals surface area contributed by atoms with Gasteiger partial charge >= 0.3 is 5.97 Å². The molecule has 8 nitrogen and oxygen atoms in total. The van der Waals surface area contributed by atoms with E-state index >= 15 is 0 Å². The molecule has 8 heteroatoms. The van der Waals surface area contributed by atoms with Gasteiger partial charge < -0.3 is 35.0 Å². The minimum Gasteiger partial charge on any atom is -0.432 e. The van der Waals surface area contributed by atoms with Gasteiger partial charge in [0.1, 0.15) is 24.4 Å². The standard InChI is InChI=1S/C26H40O8/c1-13-14-5-6-17-24(2)8-4-9-25(3,16(24)7-10-26(17,11-14)21(13)31)23(32)34-22-20(30)19(29)18(28)15(12-27)33-22/h14-22,27-31H,1,4-12H2,2-3H3/t14?,15-,16+,17+,18-,19+,20-,21-,22+,24-,25-,26-/m1/s1. The second kappa shape index (κ2) is 8.25. The molecule has 0 aromatic heterocycles. The highest BCUT2D eigenvalue weighted by molar-refractivity contribution is 5.77. The molecule has 0 amide bonds. The number of hydrogen-bond donors (Lipinski definition) is 5. The Kier molecular flexibility index (Phi) is 5.98. The number of carbonyl (C=O) groups excluding carboxylic acids is 1. The highest BCUT2D eigenvalue weighted by atomic mass is 16.7. The van der Waals surface area contributed by atoms with Gasteiger partial charge in [-0.05, 0) is 80.6 Å². The SMILES string of the molecule is C=C1C2CC[C@H]3[C@]4(C)CCC[C@@](C)(C(=O)O[C@@H]5O[C@H](CO)[C@@H](O)[C@H](O)[C@H]5O)[C@H]4CC[C@]3(C2)[C@@H]1O. The monoisotopic (exact) mass is 480 g/mol. The molecule has 1 spiro atoms. The summed E-state index contributed by atoms with van der Waals surface area (Å²) in [5, 5.41) is 51.2. The second-order valence-corrected chi connectivity index (χ2v) is 12.2. The number of aliphatic hydroxyl groups excluding tert-OH is 5. The summed E-state index contributed by atoms with van der Waals surface area (Å²) in [4.78, 5) is 13.7. The summed E-state index contributed by atoms with van der Waals surface area (Å²) in [7, 11) is 0. The van der Waals surface area contributed by atoms with Crippen molar-refractivity contribution >= 4 is 5.97 Å². The van der Waals surface area contributed by atoms with Gasteiger partial charge in [-0.2, -0.15) is 0 Å². The summed E-state index contributed by atoms with van der Waals surface area (Å²) in [5.41, 5.74) is -0.0868. The summed E-state index contributed by atoms with van der Waals surface area (Å²) >= 11 is 0. The van der Waals surface area contributed by atoms with Crippen LogP contribution in [0.1, 0.15) is 65.2 Å². The first-order valence-electron chi connectivity index (χ1n) is 12.9. The Morgan fingerprint density at radius 1 is 1.03 bits per heavy atom. The summed E-state index contributed by atoms with van der Waals surface area (Å²) in [6.45, 7) is 7.88. The maximum Gasteiger partial charge on any atom is 0.314 e. The Bertz CT molecular complexity index is 845. The fourth-order valence-electron chi connectivity index (χ4n) is 9.01. The maximum absolute atomic E-state index is 13.7. The molecule has 5 fully saturated rings. The number of esters is 1. The van der Waals surface area contributed by atoms with Crippen LogP contribution in [0.5, 0.6) is 0 Å². The molecule has 0 aromatic rings. The first-order chi connectivity index (χ1) is 16.0. The Balaban J connectivity index is 1.40. The van der Waals surface area contributed by atoms with Crippen molar-refractivity contribution in [3.8, 4) is 0 Å². The largest absolute Gasteiger partial charge is 0.432 e. The third kappa shape index (κ3) is 3.22. The van der Waals surface area contributed by atoms with E-state index in [1.54, 1.807) is 0 Å². The van der Waals surface area contributed by atoms with Crippen molar-refractivity contribution in [2.24, 2.45) is 34.0 Å². The van der Waals surface area contributed by atoms with Crippen LogP contribution in [0.4, 0.5) is 0 Å². The van der Waals surface area contributed by atoms with E-state index < -0.39 is 54.8 Å². The molecule has 1 aliphatic heterocycles. The van der Waals surface area contributed by atoms with E-state index in [2.05, 4.69) is 13.5 Å². The molecule has 2 bridgehead atoms. The molecule has 4 saturated carbocycles. The van der Waals surface area contributed by atoms with E-state index in [4.69, 9.17) is 9.47 Å². The van der Waals surface area contributed by atoms with Gasteiger partial charge in [0.15, 0.2) is 0 Å². The Morgan fingerprint density at radius 3 is 2.47 bits per heavy atom. The maximum atomic E-state index is 13.7. The zero-order valence-corrected chi connectivity index (χ0v) is 20.2. The normalized spacial score (nSPS) is 54.8. The Morgan fingerprint density at radius 2 is 1.76 bits per heavy atom. The molecule has 0 aromatic carbocycles. The molecular weight excluding hydrogens is 440 g/mol. The van der Waals surface area contributed by atoms with Crippen LogP contribution in [-0.4, -0.2) is 74.9 Å². The van der Waals surface area contributed by atoms with Gasteiger partial charge in [-0.25, -0.2) is 0 Å². The van der Waals surface area contributed by atoms with Crippen molar-refractivity contribution in [1.29, 1.82) is 0 Å². The van der Waals surface area contributed by atoms with Crippen LogP contribution in [0.15, 0.2) is 12.2 Å². The lowest BCUT2D eigenvalue weighted by atomic mass is 9.40. The lowest BCUT2D eigenvalue weighted by molar-refractivity contribution is -0.298. The third-order valence-electron chi connectivity index (χ3n) is 10.8. The van der Waals surface area contributed by atoms with Gasteiger partial charge in [-0.3, -0.25) is 4.79 Å². The van der Waals surface area contributed by atoms with E-state index in [1.165, 1.54) is 0 Å². The van der Waals surface area contributed by atoms with E-state index in [-0.39, 0.29) is 16.7 Å². The lowest BCUT2D eigenvalue weighted by Crippen LogP contribution is -2.62. The molecule has 1 unspecified atom stereocenters. The Labute approximate surface area is 201 Å². The number of fused-ring (bicyclic) bond motifs is 3. The molecule has 1 saturated heterocycles. The van der Waals surface area contributed by atoms with Gasteiger partial charge in [0.25, 0.3) is 0 Å². The zero-order chi connectivity index (χ0) is 24.6. The second-order valence-electron chi connectivity index (χ2n) is 12.2. The van der Waals surface area contributed by atoms with Gasteiger partial charge in [0.2, 0.25) is 6.29 Å². The van der Waals surface area contributed by atoms with Crippen molar-refractivity contribution in [2.45, 2.75) is 102 Å². The van der Waals surface area contributed by atoms with E-state index in [9.17, 15) is 30.3 Å². The highest BCUT2D eigenvalue weighted by Gasteiger charge is 2.68. The smallest absolute Gasteiger partial charge is 0.314 e. The van der Waals surface area contributed by atoms with Gasteiger partial charge in [-0.15, -0.1) is 0 Å². The number of carbonyl (C=O) groups is 1. The summed E-state index contributed by atoms with van der Waals surface area (Å²) in [5.74, 6) is 0.287. The molecule has 4 aliphatic carbocycles. The number of hydrogen-bond acceptors (Lipinski definition) is 8. The van der Waals surface area contributed by atoms with Gasteiger partial charge in [0.05, 0.1) is 18.1 Å². The molecular formula is C26H40O8. The average molecular weight is 481 g/mol. The van der Waals surface area contributed by atoms with Crippen molar-refractivity contribution in [3.63, 3.8) is 0 Å². The van der Waals surface area contributed by atoms with Crippen LogP contribution >= 0.6 is 0 Å². The van der Waals surface area contributed by atoms with Crippen LogP contribution in [0.3, 0.4) is 0 Å². The average Bonchev–Trinajstić information content (AvgIpc) is 2.98. The van der Waals surface area contributed by atoms with E-state index in [1.807, 2.05) is 6.92 Å². The molecule has 1 heterocycles. The van der Waals surface area contributed by atoms with E-state index in [0.717, 1.165) is 50.5 Å². The van der Waals surface area contributed by atoms with Gasteiger partial charge in [0, 0.05) is 5.41 Å². The number of rotatable bonds is 3. The molecule has 5 aliphatic rings. The number of aliphatic hydroxyl groups is 5. The highest BCUT2D eigenvalue weighted by Crippen LogP contribution is 2.72. The van der Waals surface area contributed by atoms with E-state index in [0.29, 0.717) is 18.3 Å². The molecule has 34 heavy (non-hydrogen) atoms. The predicted octanol–water partition coefficient (Wildman–Crippen LogP) is 1.27. The molecule has 192 valence electrons. The molecule has 5 N–H and O–H groups in total. The first-order valence-corrected chi connectivity index (χ1v) is 12.9. The third-order valence-corrected chi connectivity index (χ3v) is 10.8. The minimum atomic E-state index is -1.61. The predicted molar refractivity (Wildman–Crippen MR) is 121 cm³/mol. The van der Waals surface area contributed by atoms with Gasteiger partial charge in [-0.1, -0.05) is 19.9 Å². The molecule has 0 radical (unpaired) electrons. The van der Waals surface area contributed by atoms with Crippen molar-refractivity contribution < 1.29 is 39.8 Å². The lowest BCUT2D eigenvalue weighted by Gasteiger charge is -2.64. The fourth-order valence-corrected chi connectivity index (χ4v) is 9.01. The van der Waals surface area contributed by atoms with Crippen LogP contribution in [-0.2, 0) is 14.3 Å². The summed E-state index contributed by atoms with van der Waals surface area (Å²) < 4.78 is 11.1. The van der Waals surface area contributed by atoms with Crippen LogP contribution in [0, 0.1) is 34.0 Å². The van der Waals surface area contributed by atoms with Crippen LogP contribution < -0.4 is 0 Å². The van der Waals surface area contributed by atoms with Crippen LogP contribution in [0.25, 0.3) is 0 Å². The zero-order valence-electron chi connectivity index (χ0n) is 20.2. The summed E-state index contributed by atoms with van der Waals surface area (Å²) in [6.07, 6.45) is -0.507. The first kappa shape index (κ1) is 24.7. The molecule has 12 atom stereocenters. The number of ether oxygens (including phenoxy) is 2. The minimum absolute atomic E-state index is 0.0550. The molecule has 5 rings (SSSR count). The van der Waals surface area contributed by atoms with Crippen molar-refractivity contribution in [2.75, 3.05) is 6.61 Å². The van der Waals surface area contributed by atoms with Crippen LogP contribution in [0.2, 0.25) is 0 Å². The van der Waals surface area contributed by atoms with Crippen molar-refractivity contribution in [1.82, 2.24) is 0 Å². The van der Waals surface area contributed by atoms with Crippen molar-refractivity contribution in [3.05, 3.63) is 12.2 Å².